The summed E-state index contributed by atoms with van der Waals surface area (Å²) in [7, 11) is -1.80. The Bertz CT molecular complexity index is 586. The van der Waals surface area contributed by atoms with Gasteiger partial charge < -0.3 is 9.73 Å². The van der Waals surface area contributed by atoms with Gasteiger partial charge >= 0.3 is 0 Å². The van der Waals surface area contributed by atoms with E-state index in [0.717, 1.165) is 37.8 Å². The van der Waals surface area contributed by atoms with Gasteiger partial charge in [0.15, 0.2) is 0 Å². The van der Waals surface area contributed by atoms with Crippen LogP contribution < -0.4 is 5.32 Å². The van der Waals surface area contributed by atoms with Gasteiger partial charge in [0.1, 0.15) is 16.4 Å². The van der Waals surface area contributed by atoms with E-state index in [0.29, 0.717) is 23.0 Å². The second-order valence-electron chi connectivity index (χ2n) is 5.76. The van der Waals surface area contributed by atoms with Gasteiger partial charge in [0.25, 0.3) is 0 Å². The molecule has 1 N–H and O–H groups in total. The van der Waals surface area contributed by atoms with Crippen LogP contribution in [0.15, 0.2) is 9.31 Å². The summed E-state index contributed by atoms with van der Waals surface area (Å²) in [5.74, 6) is 1.18. The van der Waals surface area contributed by atoms with Crippen molar-refractivity contribution in [3.8, 4) is 0 Å². The second kappa shape index (κ2) is 6.50. The highest BCUT2D eigenvalue weighted by Gasteiger charge is 2.34. The van der Waals surface area contributed by atoms with Gasteiger partial charge in [-0.2, -0.15) is 4.31 Å². The summed E-state index contributed by atoms with van der Waals surface area (Å²) in [5.41, 5.74) is 0.763. The zero-order chi connectivity index (χ0) is 15.6. The van der Waals surface area contributed by atoms with Crippen LogP contribution in [0.25, 0.3) is 0 Å². The van der Waals surface area contributed by atoms with Gasteiger partial charge in [-0.05, 0) is 33.2 Å². The highest BCUT2D eigenvalue weighted by molar-refractivity contribution is 7.89. The van der Waals surface area contributed by atoms with Gasteiger partial charge in [-0.1, -0.05) is 19.8 Å². The van der Waals surface area contributed by atoms with Crippen LogP contribution in [0.1, 0.15) is 49.7 Å². The molecule has 0 spiro atoms. The minimum atomic E-state index is -3.49. The summed E-state index contributed by atoms with van der Waals surface area (Å²) >= 11 is 0. The number of rotatable bonds is 6. The number of furan rings is 1. The topological polar surface area (TPSA) is 62.6 Å². The fourth-order valence-corrected chi connectivity index (χ4v) is 4.93. The molecule has 1 heterocycles. The summed E-state index contributed by atoms with van der Waals surface area (Å²) in [6.45, 7) is 6.88. The number of sulfonamides is 1. The average Bonchev–Trinajstić information content (AvgIpc) is 3.03. The fourth-order valence-electron chi connectivity index (χ4n) is 3.11. The number of aryl methyl sites for hydroxylation is 2. The third-order valence-corrected chi connectivity index (χ3v) is 6.46. The minimum Gasteiger partial charge on any atom is -0.465 e. The molecule has 1 aliphatic rings. The Morgan fingerprint density at radius 3 is 2.43 bits per heavy atom. The van der Waals surface area contributed by atoms with Gasteiger partial charge in [-0.25, -0.2) is 8.42 Å². The lowest BCUT2D eigenvalue weighted by molar-refractivity contribution is 0.371. The molecule has 120 valence electrons. The minimum absolute atomic E-state index is 0.122. The van der Waals surface area contributed by atoms with E-state index >= 15 is 0 Å². The molecular formula is C15H26N2O3S. The quantitative estimate of drug-likeness (QED) is 0.876. The maximum Gasteiger partial charge on any atom is 0.246 e. The van der Waals surface area contributed by atoms with Crippen LogP contribution in [0.3, 0.4) is 0 Å². The van der Waals surface area contributed by atoms with Gasteiger partial charge in [-0.15, -0.1) is 0 Å². The van der Waals surface area contributed by atoms with Crippen molar-refractivity contribution in [3.05, 3.63) is 17.1 Å². The Labute approximate surface area is 127 Å². The molecule has 1 aromatic rings. The van der Waals surface area contributed by atoms with Gasteiger partial charge in [0.2, 0.25) is 10.0 Å². The molecule has 0 amide bonds. The zero-order valence-corrected chi connectivity index (χ0v) is 14.2. The van der Waals surface area contributed by atoms with Crippen molar-refractivity contribution in [2.75, 3.05) is 13.6 Å². The fraction of sp³-hybridized carbons (Fsp3) is 0.733. The third-order valence-electron chi connectivity index (χ3n) is 4.35. The predicted molar refractivity (Wildman–Crippen MR) is 82.8 cm³/mol. The summed E-state index contributed by atoms with van der Waals surface area (Å²) in [6, 6.07) is 0.122. The average molecular weight is 314 g/mol. The highest BCUT2D eigenvalue weighted by atomic mass is 32.2. The van der Waals surface area contributed by atoms with Crippen molar-refractivity contribution >= 4 is 10.0 Å². The molecule has 0 aromatic carbocycles. The van der Waals surface area contributed by atoms with E-state index in [2.05, 4.69) is 5.32 Å². The van der Waals surface area contributed by atoms with Gasteiger partial charge in [0.05, 0.1) is 0 Å². The van der Waals surface area contributed by atoms with Gasteiger partial charge in [0, 0.05) is 25.2 Å². The van der Waals surface area contributed by atoms with Gasteiger partial charge in [-0.3, -0.25) is 0 Å². The first-order chi connectivity index (χ1) is 9.89. The van der Waals surface area contributed by atoms with Crippen molar-refractivity contribution < 1.29 is 12.8 Å². The first-order valence-electron chi connectivity index (χ1n) is 7.67. The monoisotopic (exact) mass is 314 g/mol. The number of hydrogen-bond donors (Lipinski definition) is 1. The molecule has 0 bridgehead atoms. The van der Waals surface area contributed by atoms with Crippen molar-refractivity contribution in [1.82, 2.24) is 9.62 Å². The third kappa shape index (κ3) is 3.17. The van der Waals surface area contributed by atoms with Crippen molar-refractivity contribution in [3.63, 3.8) is 0 Å². The Kier molecular flexibility index (Phi) is 5.11. The Balaban J connectivity index is 2.38. The van der Waals surface area contributed by atoms with Crippen LogP contribution in [0.5, 0.6) is 0 Å². The van der Waals surface area contributed by atoms with E-state index in [4.69, 9.17) is 4.42 Å². The molecule has 0 saturated heterocycles. The molecule has 0 aliphatic heterocycles. The Morgan fingerprint density at radius 1 is 1.24 bits per heavy atom. The molecule has 1 aromatic heterocycles. The molecule has 6 heteroatoms. The first-order valence-corrected chi connectivity index (χ1v) is 9.11. The lowest BCUT2D eigenvalue weighted by atomic mass is 10.2. The molecule has 21 heavy (non-hydrogen) atoms. The van der Waals surface area contributed by atoms with Crippen LogP contribution in [0.4, 0.5) is 0 Å². The molecule has 0 unspecified atom stereocenters. The molecule has 1 fully saturated rings. The largest absolute Gasteiger partial charge is 0.465 e. The van der Waals surface area contributed by atoms with E-state index in [1.807, 2.05) is 13.8 Å². The van der Waals surface area contributed by atoms with Crippen LogP contribution in [0.2, 0.25) is 0 Å². The molecule has 0 atom stereocenters. The molecule has 1 aliphatic carbocycles. The maximum absolute atomic E-state index is 13.0. The van der Waals surface area contributed by atoms with E-state index < -0.39 is 10.0 Å². The van der Waals surface area contributed by atoms with Crippen molar-refractivity contribution in [2.24, 2.45) is 0 Å². The van der Waals surface area contributed by atoms with Crippen LogP contribution >= 0.6 is 0 Å². The summed E-state index contributed by atoms with van der Waals surface area (Å²) in [6.07, 6.45) is 4.12. The summed E-state index contributed by atoms with van der Waals surface area (Å²) < 4.78 is 33.1. The van der Waals surface area contributed by atoms with Crippen LogP contribution in [-0.2, 0) is 16.6 Å². The predicted octanol–water partition coefficient (Wildman–Crippen LogP) is 2.57. The molecule has 1 saturated carbocycles. The highest BCUT2D eigenvalue weighted by Crippen LogP contribution is 2.32. The Morgan fingerprint density at radius 2 is 1.86 bits per heavy atom. The molecule has 2 rings (SSSR count). The van der Waals surface area contributed by atoms with Crippen LogP contribution in [0, 0.1) is 13.8 Å². The van der Waals surface area contributed by atoms with E-state index in [-0.39, 0.29) is 6.04 Å². The number of nitrogens with zero attached hydrogens (tertiary/aromatic N) is 1. The standard InChI is InChI=1S/C15H26N2O3S/c1-5-16-10-14-11(2)20-12(3)15(14)21(18,19)17(4)13-8-6-7-9-13/h13,16H,5-10H2,1-4H3. The normalized spacial score (nSPS) is 17.0. The number of hydrogen-bond acceptors (Lipinski definition) is 4. The van der Waals surface area contributed by atoms with E-state index in [1.54, 1.807) is 18.3 Å². The van der Waals surface area contributed by atoms with Crippen molar-refractivity contribution in [1.29, 1.82) is 0 Å². The second-order valence-corrected chi connectivity index (χ2v) is 7.70. The van der Waals surface area contributed by atoms with E-state index in [1.165, 1.54) is 0 Å². The first kappa shape index (κ1) is 16.5. The summed E-state index contributed by atoms with van der Waals surface area (Å²) in [5, 5.41) is 3.20. The summed E-state index contributed by atoms with van der Waals surface area (Å²) in [4.78, 5) is 0.357. The Hall–Kier alpha value is -0.850. The lowest BCUT2D eigenvalue weighted by Crippen LogP contribution is -2.36. The van der Waals surface area contributed by atoms with E-state index in [9.17, 15) is 8.42 Å². The smallest absolute Gasteiger partial charge is 0.246 e. The molecular weight excluding hydrogens is 288 g/mol. The SMILES string of the molecule is CCNCc1c(C)oc(C)c1S(=O)(=O)N(C)C1CCCC1. The maximum atomic E-state index is 13.0. The molecule has 0 radical (unpaired) electrons. The number of nitrogens with one attached hydrogen (secondary N) is 1. The van der Waals surface area contributed by atoms with Crippen molar-refractivity contribution in [2.45, 2.75) is 63.9 Å². The zero-order valence-electron chi connectivity index (χ0n) is 13.4. The lowest BCUT2D eigenvalue weighted by Gasteiger charge is -2.24. The van der Waals surface area contributed by atoms with Crippen LogP contribution in [-0.4, -0.2) is 32.4 Å². The molecule has 5 nitrogen and oxygen atoms in total.